The van der Waals surface area contributed by atoms with Gasteiger partial charge in [-0.15, -0.1) is 0 Å². The molecule has 9 heteroatoms. The fraction of sp³-hybridized carbons (Fsp3) is 0.0455. The minimum absolute atomic E-state index is 0.159. The van der Waals surface area contributed by atoms with E-state index in [9.17, 15) is 4.79 Å². The van der Waals surface area contributed by atoms with Crippen LogP contribution in [-0.4, -0.2) is 26.2 Å². The van der Waals surface area contributed by atoms with E-state index < -0.39 is 5.91 Å². The van der Waals surface area contributed by atoms with Gasteiger partial charge in [-0.25, -0.2) is 0 Å². The topological polar surface area (TPSA) is 120 Å². The number of para-hydroxylation sites is 1. The number of nitrogens with one attached hydrogen (secondary N) is 1. The fourth-order valence-electron chi connectivity index (χ4n) is 3.00. The van der Waals surface area contributed by atoms with Gasteiger partial charge in [0.25, 0.3) is 5.91 Å². The van der Waals surface area contributed by atoms with Crippen LogP contribution in [0.4, 0.5) is 5.69 Å². The van der Waals surface area contributed by atoms with Gasteiger partial charge in [-0.3, -0.25) is 9.78 Å². The van der Waals surface area contributed by atoms with Crippen LogP contribution in [0.5, 0.6) is 0 Å². The Balaban J connectivity index is 1.33. The fourth-order valence-corrected chi connectivity index (χ4v) is 3.00. The molecule has 152 valence electrons. The van der Waals surface area contributed by atoms with Gasteiger partial charge in [0, 0.05) is 29.7 Å². The number of amides is 1. The van der Waals surface area contributed by atoms with Crippen molar-refractivity contribution in [3.63, 3.8) is 0 Å². The molecule has 5 aromatic rings. The maximum atomic E-state index is 12.7. The summed E-state index contributed by atoms with van der Waals surface area (Å²) in [7, 11) is 0. The minimum atomic E-state index is -0.395. The monoisotopic (exact) mass is 413 g/mol. The van der Waals surface area contributed by atoms with Gasteiger partial charge in [0.15, 0.2) is 17.2 Å². The summed E-state index contributed by atoms with van der Waals surface area (Å²) in [5.41, 5.74) is 2.31. The summed E-state index contributed by atoms with van der Waals surface area (Å²) in [6.45, 7) is 0. The highest BCUT2D eigenvalue weighted by molar-refractivity contribution is 6.03. The summed E-state index contributed by atoms with van der Waals surface area (Å²) < 4.78 is 15.9. The van der Waals surface area contributed by atoms with Crippen LogP contribution in [0.25, 0.3) is 22.9 Å². The Morgan fingerprint density at radius 2 is 1.90 bits per heavy atom. The summed E-state index contributed by atoms with van der Waals surface area (Å²) >= 11 is 0. The van der Waals surface area contributed by atoms with Crippen LogP contribution in [0.3, 0.4) is 0 Å². The molecule has 9 nitrogen and oxygen atoms in total. The zero-order chi connectivity index (χ0) is 21.0. The third kappa shape index (κ3) is 3.97. The van der Waals surface area contributed by atoms with Crippen molar-refractivity contribution in [1.82, 2.24) is 20.3 Å². The van der Waals surface area contributed by atoms with Gasteiger partial charge in [0.05, 0.1) is 12.7 Å². The summed E-state index contributed by atoms with van der Waals surface area (Å²) in [4.78, 5) is 21.1. The van der Waals surface area contributed by atoms with Crippen molar-refractivity contribution in [2.45, 2.75) is 6.42 Å². The summed E-state index contributed by atoms with van der Waals surface area (Å²) in [6, 6.07) is 16.0. The van der Waals surface area contributed by atoms with E-state index in [0.717, 1.165) is 11.1 Å². The molecule has 1 aromatic carbocycles. The quantitative estimate of drug-likeness (QED) is 0.439. The average molecular weight is 413 g/mol. The van der Waals surface area contributed by atoms with Crippen LogP contribution < -0.4 is 5.32 Å². The first-order valence-electron chi connectivity index (χ1n) is 9.39. The molecule has 1 amide bonds. The largest absolute Gasteiger partial charge is 0.461 e. The van der Waals surface area contributed by atoms with Gasteiger partial charge in [-0.1, -0.05) is 28.5 Å². The molecule has 0 bridgehead atoms. The molecule has 1 N–H and O–H groups in total. The van der Waals surface area contributed by atoms with E-state index in [0.29, 0.717) is 35.3 Å². The number of rotatable bonds is 6. The van der Waals surface area contributed by atoms with Crippen molar-refractivity contribution in [2.75, 3.05) is 5.32 Å². The standard InChI is InChI=1S/C22H15N5O4/c28-22(17-12-19(30-26-17)15-6-3-9-23-13-15)24-16-7-2-1-5-14(16)11-20-25-21(27-31-20)18-8-4-10-29-18/h1-10,12-13H,11H2,(H,24,28). The van der Waals surface area contributed by atoms with Crippen LogP contribution in [-0.2, 0) is 6.42 Å². The number of nitrogens with zero attached hydrogens (tertiary/aromatic N) is 4. The second-order valence-electron chi connectivity index (χ2n) is 6.60. The number of carbonyl (C=O) groups excluding carboxylic acids is 1. The molecular weight excluding hydrogens is 398 g/mol. The van der Waals surface area contributed by atoms with Crippen LogP contribution in [0.15, 0.2) is 86.7 Å². The molecule has 5 rings (SSSR count). The van der Waals surface area contributed by atoms with Gasteiger partial charge < -0.3 is 18.8 Å². The van der Waals surface area contributed by atoms with Crippen molar-refractivity contribution in [1.29, 1.82) is 0 Å². The first-order chi connectivity index (χ1) is 15.3. The van der Waals surface area contributed by atoms with E-state index >= 15 is 0 Å². The average Bonchev–Trinajstić information content (AvgIpc) is 3.57. The number of furan rings is 1. The van der Waals surface area contributed by atoms with E-state index in [-0.39, 0.29) is 5.69 Å². The number of carbonyl (C=O) groups is 1. The van der Waals surface area contributed by atoms with Gasteiger partial charge in [-0.05, 0) is 35.9 Å². The summed E-state index contributed by atoms with van der Waals surface area (Å²) in [5.74, 6) is 1.35. The molecule has 0 fully saturated rings. The lowest BCUT2D eigenvalue weighted by atomic mass is 10.1. The van der Waals surface area contributed by atoms with Crippen LogP contribution >= 0.6 is 0 Å². The second-order valence-corrected chi connectivity index (χ2v) is 6.60. The predicted octanol–water partition coefficient (Wildman–Crippen LogP) is 4.22. The number of hydrogen-bond donors (Lipinski definition) is 1. The van der Waals surface area contributed by atoms with Gasteiger partial charge in [0.2, 0.25) is 11.7 Å². The van der Waals surface area contributed by atoms with E-state index in [1.807, 2.05) is 24.3 Å². The number of hydrogen-bond acceptors (Lipinski definition) is 8. The smallest absolute Gasteiger partial charge is 0.277 e. The summed E-state index contributed by atoms with van der Waals surface area (Å²) in [5, 5.41) is 10.7. The zero-order valence-corrected chi connectivity index (χ0v) is 16.1. The predicted molar refractivity (Wildman–Crippen MR) is 109 cm³/mol. The maximum Gasteiger partial charge on any atom is 0.277 e. The van der Waals surface area contributed by atoms with Crippen LogP contribution in [0.1, 0.15) is 21.9 Å². The molecule has 0 unspecified atom stereocenters. The third-order valence-electron chi connectivity index (χ3n) is 4.51. The van der Waals surface area contributed by atoms with Gasteiger partial charge in [-0.2, -0.15) is 4.98 Å². The molecular formula is C22H15N5O4. The third-order valence-corrected chi connectivity index (χ3v) is 4.51. The SMILES string of the molecule is O=C(Nc1ccccc1Cc1nc(-c2ccco2)no1)c1cc(-c2cccnc2)on1. The number of anilines is 1. The Labute approximate surface area is 175 Å². The Bertz CT molecular complexity index is 1310. The molecule has 0 aliphatic rings. The Morgan fingerprint density at radius 1 is 0.968 bits per heavy atom. The summed E-state index contributed by atoms with van der Waals surface area (Å²) in [6.07, 6.45) is 5.17. The molecule has 0 aliphatic carbocycles. The van der Waals surface area contributed by atoms with Gasteiger partial charge >= 0.3 is 0 Å². The molecule has 4 aromatic heterocycles. The second kappa shape index (κ2) is 8.07. The first kappa shape index (κ1) is 18.5. The molecule has 0 spiro atoms. The molecule has 0 aliphatic heterocycles. The molecule has 0 saturated heterocycles. The van der Waals surface area contributed by atoms with Crippen molar-refractivity contribution >= 4 is 11.6 Å². The Morgan fingerprint density at radius 3 is 2.74 bits per heavy atom. The maximum absolute atomic E-state index is 12.7. The lowest BCUT2D eigenvalue weighted by Crippen LogP contribution is -2.13. The van der Waals surface area contributed by atoms with E-state index in [1.165, 1.54) is 0 Å². The number of benzene rings is 1. The highest BCUT2D eigenvalue weighted by atomic mass is 16.5. The molecule has 0 radical (unpaired) electrons. The lowest BCUT2D eigenvalue weighted by Gasteiger charge is -2.08. The number of pyridine rings is 1. The highest BCUT2D eigenvalue weighted by Gasteiger charge is 2.17. The lowest BCUT2D eigenvalue weighted by molar-refractivity contribution is 0.101. The van der Waals surface area contributed by atoms with Crippen molar-refractivity contribution < 1.29 is 18.3 Å². The van der Waals surface area contributed by atoms with Crippen molar-refractivity contribution in [3.05, 3.63) is 90.4 Å². The zero-order valence-electron chi connectivity index (χ0n) is 16.1. The minimum Gasteiger partial charge on any atom is -0.461 e. The van der Waals surface area contributed by atoms with Crippen LogP contribution in [0, 0.1) is 0 Å². The Kier molecular flexibility index (Phi) is 4.82. The Hall–Kier alpha value is -4.53. The highest BCUT2D eigenvalue weighted by Crippen LogP contribution is 2.23. The van der Waals surface area contributed by atoms with Crippen molar-refractivity contribution in [2.24, 2.45) is 0 Å². The van der Waals surface area contributed by atoms with Gasteiger partial charge in [0.1, 0.15) is 0 Å². The molecule has 0 atom stereocenters. The molecule has 31 heavy (non-hydrogen) atoms. The van der Waals surface area contributed by atoms with E-state index in [1.54, 1.807) is 49.0 Å². The molecule has 0 saturated carbocycles. The van der Waals surface area contributed by atoms with Crippen molar-refractivity contribution in [3.8, 4) is 22.9 Å². The number of aromatic nitrogens is 4. The van der Waals surface area contributed by atoms with E-state index in [4.69, 9.17) is 13.5 Å². The van der Waals surface area contributed by atoms with E-state index in [2.05, 4.69) is 25.6 Å². The molecule has 4 heterocycles. The first-order valence-corrected chi connectivity index (χ1v) is 9.39. The normalized spacial score (nSPS) is 10.8. The van der Waals surface area contributed by atoms with Crippen LogP contribution in [0.2, 0.25) is 0 Å².